The van der Waals surface area contributed by atoms with E-state index in [0.717, 1.165) is 50.7 Å². The van der Waals surface area contributed by atoms with Crippen molar-refractivity contribution in [2.75, 3.05) is 39.3 Å². The summed E-state index contributed by atoms with van der Waals surface area (Å²) in [4.78, 5) is 11.6. The molecule has 138 valence electrons. The third kappa shape index (κ3) is 6.52. The van der Waals surface area contributed by atoms with Gasteiger partial charge in [-0.1, -0.05) is 24.3 Å². The quantitative estimate of drug-likeness (QED) is 0.429. The van der Waals surface area contributed by atoms with Gasteiger partial charge in [0.15, 0.2) is 0 Å². The van der Waals surface area contributed by atoms with Crippen LogP contribution in [0.25, 0.3) is 0 Å². The summed E-state index contributed by atoms with van der Waals surface area (Å²) in [5.74, 6) is 0. The number of rotatable bonds is 13. The van der Waals surface area contributed by atoms with Gasteiger partial charge in [-0.05, 0) is 24.3 Å². The van der Waals surface area contributed by atoms with Crippen molar-refractivity contribution < 1.29 is 0 Å². The van der Waals surface area contributed by atoms with Crippen molar-refractivity contribution in [3.05, 3.63) is 85.5 Å². The smallest absolute Gasteiger partial charge is 0.0950 e. The molecule has 0 aliphatic rings. The second-order valence-electron chi connectivity index (χ2n) is 5.93. The van der Waals surface area contributed by atoms with Gasteiger partial charge in [0, 0.05) is 51.7 Å². The van der Waals surface area contributed by atoms with Crippen molar-refractivity contribution in [1.29, 1.82) is 0 Å². The Labute approximate surface area is 156 Å². The fourth-order valence-corrected chi connectivity index (χ4v) is 2.82. The maximum absolute atomic E-state index is 4.61. The molecular formula is C21H29N5. The van der Waals surface area contributed by atoms with Crippen LogP contribution in [0, 0.1) is 0 Å². The Morgan fingerprint density at radius 3 is 1.73 bits per heavy atom. The summed E-state index contributed by atoms with van der Waals surface area (Å²) in [7, 11) is 0. The number of pyridine rings is 2. The van der Waals surface area contributed by atoms with E-state index in [1.807, 2.05) is 48.8 Å². The van der Waals surface area contributed by atoms with Crippen LogP contribution in [0.2, 0.25) is 0 Å². The van der Waals surface area contributed by atoms with Crippen molar-refractivity contribution in [2.45, 2.75) is 6.04 Å². The summed E-state index contributed by atoms with van der Waals surface area (Å²) in [5, 5.41) is 6.78. The SMILES string of the molecule is C=CCNCCN(CCNCC=C)C(c1ccccn1)c1ccccn1. The first kappa shape index (κ1) is 20.0. The highest BCUT2D eigenvalue weighted by Gasteiger charge is 2.24. The highest BCUT2D eigenvalue weighted by molar-refractivity contribution is 5.22. The predicted octanol–water partition coefficient (Wildman–Crippen LogP) is 2.42. The molecule has 0 radical (unpaired) electrons. The molecule has 2 aromatic rings. The summed E-state index contributed by atoms with van der Waals surface area (Å²) in [5.41, 5.74) is 2.03. The summed E-state index contributed by atoms with van der Waals surface area (Å²) in [6.45, 7) is 12.7. The monoisotopic (exact) mass is 351 g/mol. The lowest BCUT2D eigenvalue weighted by Gasteiger charge is -2.31. The number of aromatic nitrogens is 2. The van der Waals surface area contributed by atoms with Crippen LogP contribution >= 0.6 is 0 Å². The Balaban J connectivity index is 2.20. The second-order valence-corrected chi connectivity index (χ2v) is 5.93. The largest absolute Gasteiger partial charge is 0.312 e. The minimum Gasteiger partial charge on any atom is -0.312 e. The Hall–Kier alpha value is -2.34. The van der Waals surface area contributed by atoms with E-state index < -0.39 is 0 Å². The maximum Gasteiger partial charge on any atom is 0.0950 e. The standard InChI is InChI=1S/C21H29N5/c1-3-11-22-15-17-26(18-16-23-12-4-2)21(19-9-5-7-13-24-19)20-10-6-8-14-25-20/h3-10,13-14,21-23H,1-2,11-12,15-18H2. The molecule has 2 heterocycles. The maximum atomic E-state index is 4.61. The van der Waals surface area contributed by atoms with Gasteiger partial charge in [-0.15, -0.1) is 13.2 Å². The first-order valence-corrected chi connectivity index (χ1v) is 9.06. The minimum atomic E-state index is 0.0217. The first-order chi connectivity index (χ1) is 12.9. The lowest BCUT2D eigenvalue weighted by molar-refractivity contribution is 0.220. The molecule has 0 saturated carbocycles. The number of nitrogens with zero attached hydrogens (tertiary/aromatic N) is 3. The Morgan fingerprint density at radius 2 is 1.35 bits per heavy atom. The molecule has 0 aliphatic heterocycles. The zero-order chi connectivity index (χ0) is 18.5. The second kappa shape index (κ2) is 12.1. The Bertz CT molecular complexity index is 574. The lowest BCUT2D eigenvalue weighted by Crippen LogP contribution is -2.40. The van der Waals surface area contributed by atoms with Gasteiger partial charge in [-0.2, -0.15) is 0 Å². The van der Waals surface area contributed by atoms with Crippen molar-refractivity contribution in [3.8, 4) is 0 Å². The molecule has 0 atom stereocenters. The Morgan fingerprint density at radius 1 is 0.846 bits per heavy atom. The number of nitrogens with one attached hydrogen (secondary N) is 2. The molecule has 0 amide bonds. The van der Waals surface area contributed by atoms with Gasteiger partial charge >= 0.3 is 0 Å². The Kier molecular flexibility index (Phi) is 9.29. The lowest BCUT2D eigenvalue weighted by atomic mass is 10.1. The first-order valence-electron chi connectivity index (χ1n) is 9.06. The van der Waals surface area contributed by atoms with Gasteiger partial charge in [-0.25, -0.2) is 0 Å². The van der Waals surface area contributed by atoms with Gasteiger partial charge in [0.2, 0.25) is 0 Å². The van der Waals surface area contributed by atoms with Crippen LogP contribution in [0.1, 0.15) is 17.4 Å². The highest BCUT2D eigenvalue weighted by Crippen LogP contribution is 2.25. The molecule has 0 spiro atoms. The summed E-state index contributed by atoms with van der Waals surface area (Å²) in [6.07, 6.45) is 7.45. The molecule has 0 unspecified atom stereocenters. The highest BCUT2D eigenvalue weighted by atomic mass is 15.2. The fourth-order valence-electron chi connectivity index (χ4n) is 2.82. The number of hydrogen-bond acceptors (Lipinski definition) is 5. The van der Waals surface area contributed by atoms with Crippen LogP contribution in [0.4, 0.5) is 0 Å². The topological polar surface area (TPSA) is 53.1 Å². The number of hydrogen-bond donors (Lipinski definition) is 2. The molecule has 5 nitrogen and oxygen atoms in total. The van der Waals surface area contributed by atoms with Gasteiger partial charge in [-0.3, -0.25) is 14.9 Å². The zero-order valence-corrected chi connectivity index (χ0v) is 15.3. The molecule has 0 aromatic carbocycles. The van der Waals surface area contributed by atoms with E-state index in [0.29, 0.717) is 0 Å². The molecule has 5 heteroatoms. The van der Waals surface area contributed by atoms with Crippen molar-refractivity contribution >= 4 is 0 Å². The van der Waals surface area contributed by atoms with Crippen molar-refractivity contribution in [3.63, 3.8) is 0 Å². The summed E-state index contributed by atoms with van der Waals surface area (Å²) >= 11 is 0. The average molecular weight is 351 g/mol. The molecule has 0 saturated heterocycles. The van der Waals surface area contributed by atoms with Crippen molar-refractivity contribution in [2.24, 2.45) is 0 Å². The van der Waals surface area contributed by atoms with E-state index in [2.05, 4.69) is 50.8 Å². The van der Waals surface area contributed by atoms with Crippen LogP contribution in [0.5, 0.6) is 0 Å². The third-order valence-electron chi connectivity index (χ3n) is 4.03. The van der Waals surface area contributed by atoms with Crippen LogP contribution in [0.15, 0.2) is 74.1 Å². The summed E-state index contributed by atoms with van der Waals surface area (Å²) < 4.78 is 0. The molecule has 0 bridgehead atoms. The summed E-state index contributed by atoms with van der Waals surface area (Å²) in [6, 6.07) is 12.1. The molecule has 2 aromatic heterocycles. The van der Waals surface area contributed by atoms with E-state index in [4.69, 9.17) is 0 Å². The molecule has 0 aliphatic carbocycles. The van der Waals surface area contributed by atoms with E-state index in [9.17, 15) is 0 Å². The minimum absolute atomic E-state index is 0.0217. The molecular weight excluding hydrogens is 322 g/mol. The molecule has 26 heavy (non-hydrogen) atoms. The third-order valence-corrected chi connectivity index (χ3v) is 4.03. The van der Waals surface area contributed by atoms with E-state index in [1.165, 1.54) is 0 Å². The molecule has 2 N–H and O–H groups in total. The van der Waals surface area contributed by atoms with Gasteiger partial charge in [0.25, 0.3) is 0 Å². The van der Waals surface area contributed by atoms with Gasteiger partial charge < -0.3 is 10.6 Å². The van der Waals surface area contributed by atoms with Crippen LogP contribution in [-0.2, 0) is 0 Å². The van der Waals surface area contributed by atoms with Gasteiger partial charge in [0.1, 0.15) is 0 Å². The van der Waals surface area contributed by atoms with E-state index in [-0.39, 0.29) is 6.04 Å². The molecule has 2 rings (SSSR count). The molecule has 0 fully saturated rings. The van der Waals surface area contributed by atoms with Crippen molar-refractivity contribution in [1.82, 2.24) is 25.5 Å². The predicted molar refractivity (Wildman–Crippen MR) is 108 cm³/mol. The van der Waals surface area contributed by atoms with Crippen LogP contribution in [0.3, 0.4) is 0 Å². The van der Waals surface area contributed by atoms with Crippen LogP contribution < -0.4 is 10.6 Å². The van der Waals surface area contributed by atoms with E-state index in [1.54, 1.807) is 0 Å². The zero-order valence-electron chi connectivity index (χ0n) is 15.3. The fraction of sp³-hybridized carbons (Fsp3) is 0.333. The normalized spacial score (nSPS) is 11.0. The van der Waals surface area contributed by atoms with E-state index >= 15 is 0 Å². The average Bonchev–Trinajstić information content (AvgIpc) is 2.70. The van der Waals surface area contributed by atoms with Crippen LogP contribution in [-0.4, -0.2) is 54.1 Å². The van der Waals surface area contributed by atoms with Gasteiger partial charge in [0.05, 0.1) is 17.4 Å².